The Morgan fingerprint density at radius 1 is 1.29 bits per heavy atom. The highest BCUT2D eigenvalue weighted by Gasteiger charge is 2.45. The molecule has 210 valence electrons. The van der Waals surface area contributed by atoms with Gasteiger partial charge >= 0.3 is 6.16 Å². The van der Waals surface area contributed by atoms with Crippen molar-refractivity contribution in [2.24, 2.45) is 0 Å². The van der Waals surface area contributed by atoms with Gasteiger partial charge in [0.1, 0.15) is 12.3 Å². The van der Waals surface area contributed by atoms with Crippen molar-refractivity contribution in [2.75, 3.05) is 23.0 Å². The molecule has 0 aliphatic carbocycles. The summed E-state index contributed by atoms with van der Waals surface area (Å²) in [4.78, 5) is 22.6. The van der Waals surface area contributed by atoms with E-state index in [0.717, 1.165) is 25.0 Å². The number of nitrogens with one attached hydrogen (secondary N) is 2. The van der Waals surface area contributed by atoms with E-state index in [1.165, 1.54) is 0 Å². The average Bonchev–Trinajstić information content (AvgIpc) is 3.27. The maximum absolute atomic E-state index is 15.4. The number of hydrogen-bond acceptors (Lipinski definition) is 10. The number of carbonyl (C=O) groups is 1. The van der Waals surface area contributed by atoms with Crippen LogP contribution in [-0.2, 0) is 26.1 Å². The Hall–Kier alpha value is -3.00. The van der Waals surface area contributed by atoms with E-state index in [0.29, 0.717) is 18.7 Å². The van der Waals surface area contributed by atoms with Gasteiger partial charge in [0.15, 0.2) is 17.5 Å². The van der Waals surface area contributed by atoms with E-state index in [2.05, 4.69) is 25.5 Å². The zero-order valence-corrected chi connectivity index (χ0v) is 23.2. The second-order valence-electron chi connectivity index (χ2n) is 10.1. The van der Waals surface area contributed by atoms with Crippen LogP contribution < -0.4 is 10.2 Å². The summed E-state index contributed by atoms with van der Waals surface area (Å²) in [5, 5.41) is 9.74. The molecule has 12 nitrogen and oxygen atoms in total. The molecular weight excluding hydrogens is 517 g/mol. The highest BCUT2D eigenvalue weighted by molar-refractivity contribution is 7.89. The molecule has 2 fully saturated rings. The minimum absolute atomic E-state index is 0.0563. The maximum atomic E-state index is 15.4. The summed E-state index contributed by atoms with van der Waals surface area (Å²) in [5.41, 5.74) is 0.656. The molecule has 2 N–H and O–H groups in total. The smallest absolute Gasteiger partial charge is 0.432 e. The molecule has 2 aromatic rings. The number of hydrogen-bond donors (Lipinski definition) is 2. The summed E-state index contributed by atoms with van der Waals surface area (Å²) >= 11 is 0. The van der Waals surface area contributed by atoms with Crippen LogP contribution in [0, 0.1) is 12.7 Å². The summed E-state index contributed by atoms with van der Waals surface area (Å²) in [6.07, 6.45) is 2.49. The van der Waals surface area contributed by atoms with Crippen molar-refractivity contribution < 1.29 is 27.1 Å². The number of H-pyrrole nitrogens is 1. The summed E-state index contributed by atoms with van der Waals surface area (Å²) in [5.74, 6) is -0.221. The lowest BCUT2D eigenvalue weighted by Crippen LogP contribution is -2.58. The number of aromatic amines is 1. The Kier molecular flexibility index (Phi) is 8.40. The van der Waals surface area contributed by atoms with Crippen LogP contribution in [0.4, 0.5) is 26.8 Å². The van der Waals surface area contributed by atoms with Crippen LogP contribution in [0.5, 0.6) is 0 Å². The van der Waals surface area contributed by atoms with Crippen molar-refractivity contribution >= 4 is 33.8 Å². The Morgan fingerprint density at radius 2 is 1.97 bits per heavy atom. The highest BCUT2D eigenvalue weighted by atomic mass is 32.2. The number of ether oxygens (including phenoxy) is 2. The van der Waals surface area contributed by atoms with Crippen LogP contribution in [0.2, 0.25) is 0 Å². The van der Waals surface area contributed by atoms with Crippen LogP contribution in [-0.4, -0.2) is 76.1 Å². The van der Waals surface area contributed by atoms with E-state index in [4.69, 9.17) is 9.47 Å². The van der Waals surface area contributed by atoms with Crippen LogP contribution in [0.15, 0.2) is 6.07 Å². The first-order valence-corrected chi connectivity index (χ1v) is 14.5. The van der Waals surface area contributed by atoms with Gasteiger partial charge in [0.25, 0.3) is 0 Å². The molecule has 2 atom stereocenters. The van der Waals surface area contributed by atoms with E-state index < -0.39 is 28.6 Å². The summed E-state index contributed by atoms with van der Waals surface area (Å²) < 4.78 is 52.8. The topological polar surface area (TPSA) is 143 Å². The van der Waals surface area contributed by atoms with Gasteiger partial charge < -0.3 is 19.7 Å². The van der Waals surface area contributed by atoms with Crippen LogP contribution in [0.1, 0.15) is 64.3 Å². The largest absolute Gasteiger partial charge is 0.508 e. The van der Waals surface area contributed by atoms with E-state index in [1.54, 1.807) is 31.1 Å². The molecule has 0 unspecified atom stereocenters. The Bertz CT molecular complexity index is 1240. The summed E-state index contributed by atoms with van der Waals surface area (Å²) in [6, 6.07) is 1.45. The third-order valence-corrected chi connectivity index (χ3v) is 8.92. The second-order valence-corrected chi connectivity index (χ2v) is 12.3. The lowest BCUT2D eigenvalue weighted by molar-refractivity contribution is 0.0285. The first-order chi connectivity index (χ1) is 18.0. The van der Waals surface area contributed by atoms with E-state index in [1.807, 2.05) is 18.9 Å². The van der Waals surface area contributed by atoms with Gasteiger partial charge in [-0.05, 0) is 53.4 Å². The van der Waals surface area contributed by atoms with Crippen molar-refractivity contribution in [3.05, 3.63) is 23.3 Å². The average molecular weight is 554 g/mol. The molecule has 2 aromatic heterocycles. The molecule has 2 aliphatic rings. The first kappa shape index (κ1) is 28.0. The van der Waals surface area contributed by atoms with Gasteiger partial charge in [-0.25, -0.2) is 22.6 Å². The van der Waals surface area contributed by atoms with Crippen LogP contribution >= 0.6 is 0 Å². The molecule has 4 heterocycles. The molecular formula is C24H36FN7O5S. The summed E-state index contributed by atoms with van der Waals surface area (Å²) in [7, 11) is -1.50. The first-order valence-electron chi connectivity index (χ1n) is 12.9. The van der Waals surface area contributed by atoms with Crippen molar-refractivity contribution in [1.29, 1.82) is 0 Å². The minimum atomic E-state index is -3.32. The summed E-state index contributed by atoms with van der Waals surface area (Å²) in [6.45, 7) is 6.40. The van der Waals surface area contributed by atoms with E-state index in [-0.39, 0.29) is 47.4 Å². The highest BCUT2D eigenvalue weighted by Crippen LogP contribution is 2.38. The zero-order valence-electron chi connectivity index (χ0n) is 22.4. The van der Waals surface area contributed by atoms with Gasteiger partial charge in [-0.2, -0.15) is 14.4 Å². The fraction of sp³-hybridized carbons (Fsp3) is 0.667. The van der Waals surface area contributed by atoms with Crippen molar-refractivity contribution in [3.63, 3.8) is 0 Å². The van der Waals surface area contributed by atoms with Crippen molar-refractivity contribution in [1.82, 2.24) is 24.5 Å². The molecule has 4 rings (SSSR count). The second kappa shape index (κ2) is 11.4. The predicted molar refractivity (Wildman–Crippen MR) is 139 cm³/mol. The fourth-order valence-corrected chi connectivity index (χ4v) is 6.76. The Labute approximate surface area is 222 Å². The number of aryl methyl sites for hydroxylation is 1. The number of aromatic nitrogens is 4. The molecule has 0 aromatic carbocycles. The monoisotopic (exact) mass is 553 g/mol. The standard InChI is InChI=1S/C24H36FN7O5S/c1-6-38(34,35)32-16-8-7-9-17(32)12-18(11-16)31(5)23-26-19(13-36-24(33)37-14(2)3)21(25)22(28-23)27-20-10-15(4)29-30-20/h10,14,16-18H,6-9,11-13H2,1-5H3,(H2,26,27,28,29,30)/t16-,17-/m1/s1. The van der Waals surface area contributed by atoms with Crippen molar-refractivity contribution in [3.8, 4) is 0 Å². The lowest BCUT2D eigenvalue weighted by Gasteiger charge is -2.49. The lowest BCUT2D eigenvalue weighted by atomic mass is 9.83. The molecule has 2 aliphatic heterocycles. The molecule has 0 radical (unpaired) electrons. The Morgan fingerprint density at radius 3 is 2.55 bits per heavy atom. The molecule has 0 amide bonds. The van der Waals surface area contributed by atoms with Crippen molar-refractivity contribution in [2.45, 2.75) is 90.6 Å². The normalized spacial score (nSPS) is 21.8. The SMILES string of the molecule is CCS(=O)(=O)N1[C@@H]2CCC[C@@H]1CC(N(C)c1nc(COC(=O)OC(C)C)c(F)c(Nc3cc(C)[nH]n3)n1)C2. The Balaban J connectivity index is 1.61. The maximum Gasteiger partial charge on any atom is 0.508 e. The van der Waals surface area contributed by atoms with Crippen LogP contribution in [0.3, 0.4) is 0 Å². The molecule has 2 bridgehead atoms. The number of halogens is 1. The molecule has 0 saturated carbocycles. The van der Waals surface area contributed by atoms with Gasteiger partial charge in [-0.3, -0.25) is 5.10 Å². The number of anilines is 3. The molecule has 38 heavy (non-hydrogen) atoms. The number of piperidine rings is 2. The van der Waals surface area contributed by atoms with Gasteiger partial charge in [0.2, 0.25) is 16.0 Å². The zero-order chi connectivity index (χ0) is 27.6. The third kappa shape index (κ3) is 6.17. The van der Waals surface area contributed by atoms with Gasteiger partial charge in [-0.15, -0.1) is 0 Å². The minimum Gasteiger partial charge on any atom is -0.432 e. The van der Waals surface area contributed by atoms with E-state index in [9.17, 15) is 13.2 Å². The predicted octanol–water partition coefficient (Wildman–Crippen LogP) is 3.62. The third-order valence-electron chi connectivity index (χ3n) is 6.95. The number of rotatable bonds is 9. The number of fused-ring (bicyclic) bond motifs is 2. The fourth-order valence-electron chi connectivity index (χ4n) is 5.17. The number of nitrogens with zero attached hydrogens (tertiary/aromatic N) is 5. The van der Waals surface area contributed by atoms with Gasteiger partial charge in [0.05, 0.1) is 11.9 Å². The van der Waals surface area contributed by atoms with Crippen LogP contribution in [0.25, 0.3) is 0 Å². The number of carbonyl (C=O) groups excluding carboxylic acids is 1. The van der Waals surface area contributed by atoms with Gasteiger partial charge in [0, 0.05) is 36.9 Å². The molecule has 0 spiro atoms. The quantitative estimate of drug-likeness (QED) is 0.442. The molecule has 2 saturated heterocycles. The number of sulfonamides is 1. The molecule has 14 heteroatoms. The van der Waals surface area contributed by atoms with E-state index >= 15 is 4.39 Å². The van der Waals surface area contributed by atoms with Gasteiger partial charge in [-0.1, -0.05) is 6.42 Å².